The molecule has 0 bridgehead atoms. The van der Waals surface area contributed by atoms with E-state index in [1.807, 2.05) is 48.5 Å². The summed E-state index contributed by atoms with van der Waals surface area (Å²) in [7, 11) is 1.63. The Kier molecular flexibility index (Phi) is 6.08. The molecule has 0 aromatic heterocycles. The van der Waals surface area contributed by atoms with Gasteiger partial charge in [-0.05, 0) is 36.2 Å². The standard InChI is InChI=1S/C17H19BrO3/c1-20-16-7-2-3-8-17(16)21-10-9-14(12-19)13-5-4-6-15(18)11-13/h2-8,11,14,19H,9-10,12H2,1H3. The number of methoxy groups -OCH3 is 1. The van der Waals surface area contributed by atoms with E-state index in [9.17, 15) is 5.11 Å². The van der Waals surface area contributed by atoms with Gasteiger partial charge in [-0.2, -0.15) is 0 Å². The molecule has 1 unspecified atom stereocenters. The lowest BCUT2D eigenvalue weighted by molar-refractivity contribution is 0.225. The van der Waals surface area contributed by atoms with Crippen molar-refractivity contribution < 1.29 is 14.6 Å². The summed E-state index contributed by atoms with van der Waals surface area (Å²) in [4.78, 5) is 0. The Labute approximate surface area is 133 Å². The van der Waals surface area contributed by atoms with Gasteiger partial charge >= 0.3 is 0 Å². The normalized spacial score (nSPS) is 12.0. The first-order chi connectivity index (χ1) is 10.2. The van der Waals surface area contributed by atoms with Crippen LogP contribution in [0.15, 0.2) is 53.0 Å². The summed E-state index contributed by atoms with van der Waals surface area (Å²) < 4.78 is 12.0. The molecule has 1 atom stereocenters. The largest absolute Gasteiger partial charge is 0.493 e. The number of para-hydroxylation sites is 2. The van der Waals surface area contributed by atoms with Gasteiger partial charge in [0, 0.05) is 10.4 Å². The molecule has 21 heavy (non-hydrogen) atoms. The van der Waals surface area contributed by atoms with E-state index in [0.717, 1.165) is 28.0 Å². The van der Waals surface area contributed by atoms with Gasteiger partial charge in [0.2, 0.25) is 0 Å². The summed E-state index contributed by atoms with van der Waals surface area (Å²) in [5, 5.41) is 9.57. The van der Waals surface area contributed by atoms with Crippen molar-refractivity contribution in [1.82, 2.24) is 0 Å². The summed E-state index contributed by atoms with van der Waals surface area (Å²) >= 11 is 3.45. The molecule has 4 heteroatoms. The predicted molar refractivity (Wildman–Crippen MR) is 87.1 cm³/mol. The molecule has 0 spiro atoms. The molecule has 0 saturated heterocycles. The molecular formula is C17H19BrO3. The molecule has 112 valence electrons. The summed E-state index contributed by atoms with van der Waals surface area (Å²) in [6.07, 6.45) is 0.741. The van der Waals surface area contributed by atoms with Crippen LogP contribution in [-0.2, 0) is 0 Å². The van der Waals surface area contributed by atoms with Crippen molar-refractivity contribution in [2.24, 2.45) is 0 Å². The number of rotatable bonds is 7. The second kappa shape index (κ2) is 8.05. The van der Waals surface area contributed by atoms with Crippen LogP contribution < -0.4 is 9.47 Å². The molecule has 2 aromatic carbocycles. The van der Waals surface area contributed by atoms with Gasteiger partial charge in [-0.1, -0.05) is 40.2 Å². The first-order valence-corrected chi connectivity index (χ1v) is 7.66. The van der Waals surface area contributed by atoms with Gasteiger partial charge in [-0.25, -0.2) is 0 Å². The van der Waals surface area contributed by atoms with Crippen LogP contribution in [0.3, 0.4) is 0 Å². The molecule has 0 aliphatic rings. The Morgan fingerprint density at radius 1 is 1.10 bits per heavy atom. The molecule has 0 aliphatic heterocycles. The van der Waals surface area contributed by atoms with Crippen molar-refractivity contribution in [2.75, 3.05) is 20.3 Å². The molecule has 2 rings (SSSR count). The molecule has 0 amide bonds. The molecular weight excluding hydrogens is 332 g/mol. The van der Waals surface area contributed by atoms with Crippen LogP contribution in [0.25, 0.3) is 0 Å². The third-order valence-electron chi connectivity index (χ3n) is 3.33. The van der Waals surface area contributed by atoms with Gasteiger partial charge < -0.3 is 14.6 Å². The second-order valence-corrected chi connectivity index (χ2v) is 5.64. The van der Waals surface area contributed by atoms with Gasteiger partial charge in [-0.3, -0.25) is 0 Å². The van der Waals surface area contributed by atoms with Gasteiger partial charge in [-0.15, -0.1) is 0 Å². The van der Waals surface area contributed by atoms with E-state index in [-0.39, 0.29) is 12.5 Å². The van der Waals surface area contributed by atoms with E-state index in [0.29, 0.717) is 6.61 Å². The lowest BCUT2D eigenvalue weighted by Gasteiger charge is -2.16. The summed E-state index contributed by atoms with van der Waals surface area (Å²) in [5.41, 5.74) is 1.11. The van der Waals surface area contributed by atoms with E-state index < -0.39 is 0 Å². The van der Waals surface area contributed by atoms with E-state index in [2.05, 4.69) is 15.9 Å². The highest BCUT2D eigenvalue weighted by atomic mass is 79.9. The number of ether oxygens (including phenoxy) is 2. The predicted octanol–water partition coefficient (Wildman–Crippen LogP) is 4.00. The lowest BCUT2D eigenvalue weighted by atomic mass is 9.97. The van der Waals surface area contributed by atoms with Gasteiger partial charge in [0.1, 0.15) is 0 Å². The number of aliphatic hydroxyl groups excluding tert-OH is 1. The Balaban J connectivity index is 1.95. The quantitative estimate of drug-likeness (QED) is 0.819. The lowest BCUT2D eigenvalue weighted by Crippen LogP contribution is -2.10. The summed E-state index contributed by atoms with van der Waals surface area (Å²) in [5.74, 6) is 1.52. The Bertz CT molecular complexity index is 571. The van der Waals surface area contributed by atoms with Crippen LogP contribution in [-0.4, -0.2) is 25.4 Å². The van der Waals surface area contributed by atoms with Crippen LogP contribution in [0.5, 0.6) is 11.5 Å². The molecule has 0 heterocycles. The highest BCUT2D eigenvalue weighted by Gasteiger charge is 2.12. The van der Waals surface area contributed by atoms with Gasteiger partial charge in [0.25, 0.3) is 0 Å². The fourth-order valence-electron chi connectivity index (χ4n) is 2.17. The monoisotopic (exact) mass is 350 g/mol. The minimum absolute atomic E-state index is 0.0669. The van der Waals surface area contributed by atoms with Gasteiger partial charge in [0.15, 0.2) is 11.5 Å². The average Bonchev–Trinajstić information content (AvgIpc) is 2.52. The number of halogens is 1. The third kappa shape index (κ3) is 4.48. The van der Waals surface area contributed by atoms with Crippen LogP contribution in [0.1, 0.15) is 17.9 Å². The summed E-state index contributed by atoms with van der Waals surface area (Å²) in [6, 6.07) is 15.6. The molecule has 1 N–H and O–H groups in total. The van der Waals surface area contributed by atoms with Crippen LogP contribution in [0, 0.1) is 0 Å². The first kappa shape index (κ1) is 15.9. The minimum Gasteiger partial charge on any atom is -0.493 e. The molecule has 2 aromatic rings. The van der Waals surface area contributed by atoms with Crippen LogP contribution >= 0.6 is 15.9 Å². The molecule has 0 radical (unpaired) electrons. The van der Waals surface area contributed by atoms with Crippen molar-refractivity contribution >= 4 is 15.9 Å². The molecule has 0 aliphatic carbocycles. The Morgan fingerprint density at radius 2 is 1.86 bits per heavy atom. The van der Waals surface area contributed by atoms with Crippen LogP contribution in [0.4, 0.5) is 0 Å². The van der Waals surface area contributed by atoms with Crippen LogP contribution in [0.2, 0.25) is 0 Å². The van der Waals surface area contributed by atoms with Gasteiger partial charge in [0.05, 0.1) is 20.3 Å². The maximum atomic E-state index is 9.57. The van der Waals surface area contributed by atoms with Crippen molar-refractivity contribution in [3.8, 4) is 11.5 Å². The second-order valence-electron chi connectivity index (χ2n) is 4.72. The third-order valence-corrected chi connectivity index (χ3v) is 3.83. The SMILES string of the molecule is COc1ccccc1OCCC(CO)c1cccc(Br)c1. The molecule has 3 nitrogen and oxygen atoms in total. The number of aliphatic hydroxyl groups is 1. The fraction of sp³-hybridized carbons (Fsp3) is 0.294. The average molecular weight is 351 g/mol. The minimum atomic E-state index is 0.0669. The highest BCUT2D eigenvalue weighted by Crippen LogP contribution is 2.27. The topological polar surface area (TPSA) is 38.7 Å². The molecule has 0 fully saturated rings. The Morgan fingerprint density at radius 3 is 2.52 bits per heavy atom. The zero-order valence-corrected chi connectivity index (χ0v) is 13.5. The van der Waals surface area contributed by atoms with Crippen molar-refractivity contribution in [2.45, 2.75) is 12.3 Å². The number of benzene rings is 2. The maximum absolute atomic E-state index is 9.57. The smallest absolute Gasteiger partial charge is 0.161 e. The zero-order valence-electron chi connectivity index (χ0n) is 12.0. The molecule has 0 saturated carbocycles. The summed E-state index contributed by atoms with van der Waals surface area (Å²) in [6.45, 7) is 0.629. The number of hydrogen-bond donors (Lipinski definition) is 1. The highest BCUT2D eigenvalue weighted by molar-refractivity contribution is 9.10. The Hall–Kier alpha value is -1.52. The number of hydrogen-bond acceptors (Lipinski definition) is 3. The fourth-order valence-corrected chi connectivity index (χ4v) is 2.59. The van der Waals surface area contributed by atoms with Crippen molar-refractivity contribution in [3.63, 3.8) is 0 Å². The first-order valence-electron chi connectivity index (χ1n) is 6.86. The van der Waals surface area contributed by atoms with E-state index in [4.69, 9.17) is 9.47 Å². The van der Waals surface area contributed by atoms with E-state index >= 15 is 0 Å². The maximum Gasteiger partial charge on any atom is 0.161 e. The van der Waals surface area contributed by atoms with Crippen molar-refractivity contribution in [3.05, 3.63) is 58.6 Å². The van der Waals surface area contributed by atoms with Crippen molar-refractivity contribution in [1.29, 1.82) is 0 Å². The van der Waals surface area contributed by atoms with E-state index in [1.165, 1.54) is 0 Å². The zero-order chi connectivity index (χ0) is 15.1. The van der Waals surface area contributed by atoms with E-state index in [1.54, 1.807) is 7.11 Å².